The SMILES string of the molecule is CCSc1nnc([C@@H]2CCC[NH+]2CC(=O)N2CCC(Cc3ccccc3)CC2)n1C. The third-order valence-electron chi connectivity index (χ3n) is 6.65. The van der Waals surface area contributed by atoms with Gasteiger partial charge in [-0.25, -0.2) is 0 Å². The minimum atomic E-state index is 0.285. The fourth-order valence-electron chi connectivity index (χ4n) is 4.96. The summed E-state index contributed by atoms with van der Waals surface area (Å²) in [5.74, 6) is 3.02. The molecule has 3 heterocycles. The Morgan fingerprint density at radius 2 is 1.93 bits per heavy atom. The van der Waals surface area contributed by atoms with Crippen molar-refractivity contribution in [3.63, 3.8) is 0 Å². The van der Waals surface area contributed by atoms with Gasteiger partial charge in [-0.2, -0.15) is 0 Å². The molecule has 2 aliphatic heterocycles. The van der Waals surface area contributed by atoms with Crippen LogP contribution in [0.15, 0.2) is 35.5 Å². The van der Waals surface area contributed by atoms with Crippen LogP contribution in [0, 0.1) is 5.92 Å². The van der Waals surface area contributed by atoms with Gasteiger partial charge in [0, 0.05) is 33.0 Å². The van der Waals surface area contributed by atoms with E-state index in [1.165, 1.54) is 10.5 Å². The van der Waals surface area contributed by atoms with Gasteiger partial charge in [-0.3, -0.25) is 4.79 Å². The molecule has 2 atom stereocenters. The Morgan fingerprint density at radius 1 is 1.17 bits per heavy atom. The second kappa shape index (κ2) is 9.96. The molecule has 1 amide bonds. The van der Waals surface area contributed by atoms with Crippen LogP contribution in [0.5, 0.6) is 0 Å². The Labute approximate surface area is 184 Å². The highest BCUT2D eigenvalue weighted by atomic mass is 32.2. The molecule has 2 fully saturated rings. The Hall–Kier alpha value is -1.86. The molecule has 0 spiro atoms. The number of aromatic nitrogens is 3. The number of piperidine rings is 1. The molecule has 2 aromatic rings. The van der Waals surface area contributed by atoms with Crippen molar-refractivity contribution in [2.24, 2.45) is 13.0 Å². The Morgan fingerprint density at radius 3 is 2.67 bits per heavy atom. The molecule has 1 aromatic carbocycles. The van der Waals surface area contributed by atoms with Crippen molar-refractivity contribution in [2.45, 2.75) is 50.2 Å². The summed E-state index contributed by atoms with van der Waals surface area (Å²) in [4.78, 5) is 16.5. The highest BCUT2D eigenvalue weighted by molar-refractivity contribution is 7.99. The maximum absolute atomic E-state index is 13.0. The maximum atomic E-state index is 13.0. The van der Waals surface area contributed by atoms with Crippen molar-refractivity contribution in [1.29, 1.82) is 0 Å². The number of carbonyl (C=O) groups excluding carboxylic acids is 1. The summed E-state index contributed by atoms with van der Waals surface area (Å²) < 4.78 is 2.13. The predicted octanol–water partition coefficient (Wildman–Crippen LogP) is 2.13. The van der Waals surface area contributed by atoms with Gasteiger partial charge in [0.15, 0.2) is 17.5 Å². The average molecular weight is 429 g/mol. The average Bonchev–Trinajstić information content (AvgIpc) is 3.36. The number of hydrogen-bond donors (Lipinski definition) is 1. The van der Waals surface area contributed by atoms with Gasteiger partial charge in [-0.1, -0.05) is 49.0 Å². The summed E-state index contributed by atoms with van der Waals surface area (Å²) >= 11 is 1.72. The first-order chi connectivity index (χ1) is 14.7. The van der Waals surface area contributed by atoms with Gasteiger partial charge >= 0.3 is 0 Å². The number of quaternary nitrogens is 1. The molecule has 30 heavy (non-hydrogen) atoms. The number of rotatable bonds is 7. The van der Waals surface area contributed by atoms with Crippen LogP contribution in [0.1, 0.15) is 50.0 Å². The summed E-state index contributed by atoms with van der Waals surface area (Å²) in [6.07, 6.45) is 5.59. The summed E-state index contributed by atoms with van der Waals surface area (Å²) in [7, 11) is 2.06. The molecular formula is C23H34N5OS+. The lowest BCUT2D eigenvalue weighted by Gasteiger charge is -2.33. The fraction of sp³-hybridized carbons (Fsp3) is 0.609. The number of likely N-dealkylation sites (tertiary alicyclic amines) is 2. The number of amides is 1. The normalized spacial score (nSPS) is 22.5. The van der Waals surface area contributed by atoms with Crippen molar-refractivity contribution in [1.82, 2.24) is 19.7 Å². The van der Waals surface area contributed by atoms with Gasteiger partial charge in [-0.05, 0) is 36.5 Å². The number of hydrogen-bond acceptors (Lipinski definition) is 4. The zero-order chi connectivity index (χ0) is 20.9. The summed E-state index contributed by atoms with van der Waals surface area (Å²) in [5, 5.41) is 9.82. The molecule has 1 aromatic heterocycles. The van der Waals surface area contributed by atoms with Gasteiger partial charge in [0.2, 0.25) is 0 Å². The quantitative estimate of drug-likeness (QED) is 0.687. The van der Waals surface area contributed by atoms with E-state index in [2.05, 4.69) is 64.0 Å². The number of benzene rings is 1. The number of nitrogens with zero attached hydrogens (tertiary/aromatic N) is 4. The van der Waals surface area contributed by atoms with E-state index >= 15 is 0 Å². The van der Waals surface area contributed by atoms with Gasteiger partial charge in [0.1, 0.15) is 6.04 Å². The first-order valence-corrected chi connectivity index (χ1v) is 12.3. The second-order valence-electron chi connectivity index (χ2n) is 8.63. The van der Waals surface area contributed by atoms with Crippen LogP contribution in [0.25, 0.3) is 0 Å². The standard InChI is InChI=1S/C23H33N5OS/c1-3-30-23-25-24-22(26(23)2)20-10-7-13-28(20)17-21(29)27-14-11-19(12-15-27)16-18-8-5-4-6-9-18/h4-6,8-9,19-20H,3,7,10-17H2,1-2H3/p+1/t20-/m0/s1. The number of thioether (sulfide) groups is 1. The van der Waals surface area contributed by atoms with E-state index in [9.17, 15) is 4.79 Å². The van der Waals surface area contributed by atoms with E-state index in [1.807, 2.05) is 0 Å². The Kier molecular flexibility index (Phi) is 7.10. The minimum Gasteiger partial charge on any atom is -0.338 e. The lowest BCUT2D eigenvalue weighted by Crippen LogP contribution is -3.11. The smallest absolute Gasteiger partial charge is 0.277 e. The monoisotopic (exact) mass is 428 g/mol. The topological polar surface area (TPSA) is 55.5 Å². The Bertz CT molecular complexity index is 831. The summed E-state index contributed by atoms with van der Waals surface area (Å²) in [6.45, 7) is 5.56. The number of nitrogens with one attached hydrogen (secondary N) is 1. The van der Waals surface area contributed by atoms with Crippen LogP contribution in [0.4, 0.5) is 0 Å². The first-order valence-electron chi connectivity index (χ1n) is 11.3. The van der Waals surface area contributed by atoms with E-state index in [1.54, 1.807) is 11.8 Å². The predicted molar refractivity (Wildman–Crippen MR) is 120 cm³/mol. The largest absolute Gasteiger partial charge is 0.338 e. The van der Waals surface area contributed by atoms with Crippen molar-refractivity contribution < 1.29 is 9.69 Å². The van der Waals surface area contributed by atoms with E-state index in [0.717, 1.165) is 68.5 Å². The summed E-state index contributed by atoms with van der Waals surface area (Å²) in [5.41, 5.74) is 1.41. The van der Waals surface area contributed by atoms with E-state index < -0.39 is 0 Å². The van der Waals surface area contributed by atoms with Gasteiger partial charge in [0.05, 0.1) is 6.54 Å². The second-order valence-corrected chi connectivity index (χ2v) is 9.86. The Balaban J connectivity index is 1.30. The van der Waals surface area contributed by atoms with Crippen LogP contribution in [0.2, 0.25) is 0 Å². The van der Waals surface area contributed by atoms with Crippen molar-refractivity contribution in [3.8, 4) is 0 Å². The lowest BCUT2D eigenvalue weighted by atomic mass is 9.90. The van der Waals surface area contributed by atoms with Gasteiger partial charge in [0.25, 0.3) is 5.91 Å². The van der Waals surface area contributed by atoms with Crippen molar-refractivity contribution in [2.75, 3.05) is 31.9 Å². The molecule has 0 bridgehead atoms. The third-order valence-corrected chi connectivity index (χ3v) is 7.55. The molecule has 0 aliphatic carbocycles. The summed E-state index contributed by atoms with van der Waals surface area (Å²) in [6, 6.07) is 11.0. The highest BCUT2D eigenvalue weighted by Gasteiger charge is 2.36. The highest BCUT2D eigenvalue weighted by Crippen LogP contribution is 2.23. The molecule has 6 nitrogen and oxygen atoms in total. The van der Waals surface area contributed by atoms with Crippen LogP contribution in [0.3, 0.4) is 0 Å². The molecule has 1 N–H and O–H groups in total. The fourth-order valence-corrected chi connectivity index (χ4v) is 5.60. The molecule has 2 aliphatic rings. The van der Waals surface area contributed by atoms with Crippen LogP contribution in [-0.2, 0) is 18.3 Å². The van der Waals surface area contributed by atoms with Crippen LogP contribution in [-0.4, -0.2) is 57.5 Å². The van der Waals surface area contributed by atoms with E-state index in [0.29, 0.717) is 18.4 Å². The molecule has 162 valence electrons. The third kappa shape index (κ3) is 4.89. The van der Waals surface area contributed by atoms with Crippen molar-refractivity contribution >= 4 is 17.7 Å². The first kappa shape index (κ1) is 21.4. The van der Waals surface area contributed by atoms with E-state index in [-0.39, 0.29) is 6.04 Å². The van der Waals surface area contributed by atoms with Crippen LogP contribution >= 0.6 is 11.8 Å². The zero-order valence-corrected chi connectivity index (χ0v) is 19.0. The molecule has 7 heteroatoms. The van der Waals surface area contributed by atoms with Crippen LogP contribution < -0.4 is 4.90 Å². The van der Waals surface area contributed by atoms with Crippen molar-refractivity contribution in [3.05, 3.63) is 41.7 Å². The molecular weight excluding hydrogens is 394 g/mol. The maximum Gasteiger partial charge on any atom is 0.277 e. The molecule has 0 radical (unpaired) electrons. The molecule has 2 saturated heterocycles. The molecule has 4 rings (SSSR count). The van der Waals surface area contributed by atoms with Gasteiger partial charge < -0.3 is 14.4 Å². The zero-order valence-electron chi connectivity index (χ0n) is 18.2. The minimum absolute atomic E-state index is 0.285. The molecule has 0 saturated carbocycles. The lowest BCUT2D eigenvalue weighted by molar-refractivity contribution is -0.911. The van der Waals surface area contributed by atoms with E-state index in [4.69, 9.17) is 0 Å². The molecule has 1 unspecified atom stereocenters. The van der Waals surface area contributed by atoms with Gasteiger partial charge in [-0.15, -0.1) is 10.2 Å². The number of carbonyl (C=O) groups is 1.